The molecular formula is C14H15BrN2. The zero-order chi connectivity index (χ0) is 12.4. The number of rotatable bonds is 2. The van der Waals surface area contributed by atoms with Gasteiger partial charge in [-0.15, -0.1) is 0 Å². The number of nitrogens with two attached hydrogens (primary N) is 1. The van der Waals surface area contributed by atoms with Crippen molar-refractivity contribution in [3.8, 4) is 0 Å². The van der Waals surface area contributed by atoms with Gasteiger partial charge in [0.2, 0.25) is 0 Å². The Balaban J connectivity index is 2.41. The molecular weight excluding hydrogens is 276 g/mol. The highest BCUT2D eigenvalue weighted by atomic mass is 79.9. The number of nitrogens with zero attached hydrogens (tertiary/aromatic N) is 1. The van der Waals surface area contributed by atoms with Gasteiger partial charge in [0.15, 0.2) is 0 Å². The predicted molar refractivity (Wildman–Crippen MR) is 73.9 cm³/mol. The van der Waals surface area contributed by atoms with Crippen molar-refractivity contribution in [1.82, 2.24) is 4.98 Å². The number of aromatic nitrogens is 1. The Labute approximate surface area is 110 Å². The van der Waals surface area contributed by atoms with Crippen molar-refractivity contribution in [2.24, 2.45) is 5.73 Å². The van der Waals surface area contributed by atoms with Crippen LogP contribution in [0.1, 0.15) is 28.3 Å². The Hall–Kier alpha value is -1.19. The Morgan fingerprint density at radius 2 is 1.82 bits per heavy atom. The molecule has 1 aromatic carbocycles. The van der Waals surface area contributed by atoms with Crippen LogP contribution in [0.5, 0.6) is 0 Å². The lowest BCUT2D eigenvalue weighted by molar-refractivity contribution is 0.859. The van der Waals surface area contributed by atoms with Gasteiger partial charge in [0.05, 0.1) is 6.04 Å². The lowest BCUT2D eigenvalue weighted by atomic mass is 9.97. The molecule has 0 radical (unpaired) electrons. The first-order chi connectivity index (χ1) is 8.09. The van der Waals surface area contributed by atoms with Gasteiger partial charge in [0.25, 0.3) is 0 Å². The molecule has 1 atom stereocenters. The molecule has 2 N–H and O–H groups in total. The molecule has 2 nitrogen and oxygen atoms in total. The Kier molecular flexibility index (Phi) is 3.60. The first-order valence-electron chi connectivity index (χ1n) is 5.51. The molecule has 0 spiro atoms. The summed E-state index contributed by atoms with van der Waals surface area (Å²) in [6.07, 6.45) is 3.58. The van der Waals surface area contributed by atoms with E-state index in [1.807, 2.05) is 18.3 Å². The van der Waals surface area contributed by atoms with E-state index in [0.29, 0.717) is 0 Å². The van der Waals surface area contributed by atoms with Crippen molar-refractivity contribution in [3.05, 3.63) is 63.4 Å². The summed E-state index contributed by atoms with van der Waals surface area (Å²) in [5, 5.41) is 0. The second-order valence-electron chi connectivity index (χ2n) is 4.23. The van der Waals surface area contributed by atoms with Gasteiger partial charge < -0.3 is 5.73 Å². The molecule has 3 heteroatoms. The molecule has 1 aromatic heterocycles. The van der Waals surface area contributed by atoms with Crippen LogP contribution in [0.2, 0.25) is 0 Å². The summed E-state index contributed by atoms with van der Waals surface area (Å²) in [4.78, 5) is 4.10. The van der Waals surface area contributed by atoms with Crippen LogP contribution in [-0.2, 0) is 0 Å². The van der Waals surface area contributed by atoms with Crippen LogP contribution in [-0.4, -0.2) is 4.98 Å². The fraction of sp³-hybridized carbons (Fsp3) is 0.214. The van der Waals surface area contributed by atoms with Gasteiger partial charge in [-0.25, -0.2) is 0 Å². The maximum absolute atomic E-state index is 6.25. The third-order valence-corrected chi connectivity index (χ3v) is 4.11. The molecule has 0 bridgehead atoms. The fourth-order valence-corrected chi connectivity index (χ4v) is 2.14. The summed E-state index contributed by atoms with van der Waals surface area (Å²) in [7, 11) is 0. The quantitative estimate of drug-likeness (QED) is 0.919. The summed E-state index contributed by atoms with van der Waals surface area (Å²) in [5.41, 5.74) is 10.8. The molecule has 17 heavy (non-hydrogen) atoms. The number of hydrogen-bond donors (Lipinski definition) is 1. The number of aryl methyl sites for hydroxylation is 2. The lowest BCUT2D eigenvalue weighted by Crippen LogP contribution is -2.12. The second kappa shape index (κ2) is 4.98. The Bertz CT molecular complexity index is 500. The predicted octanol–water partition coefficient (Wildman–Crippen LogP) is 3.51. The normalized spacial score (nSPS) is 12.5. The highest BCUT2D eigenvalue weighted by molar-refractivity contribution is 9.10. The van der Waals surface area contributed by atoms with Gasteiger partial charge in [-0.1, -0.05) is 34.1 Å². The molecule has 0 amide bonds. The first-order valence-corrected chi connectivity index (χ1v) is 6.31. The minimum atomic E-state index is -0.116. The van der Waals surface area contributed by atoms with E-state index < -0.39 is 0 Å². The lowest BCUT2D eigenvalue weighted by Gasteiger charge is -2.15. The van der Waals surface area contributed by atoms with Gasteiger partial charge in [0, 0.05) is 16.9 Å². The topological polar surface area (TPSA) is 38.9 Å². The van der Waals surface area contributed by atoms with Gasteiger partial charge in [-0.3, -0.25) is 4.98 Å². The van der Waals surface area contributed by atoms with Crippen LogP contribution in [0.3, 0.4) is 0 Å². The minimum absolute atomic E-state index is 0.116. The summed E-state index contributed by atoms with van der Waals surface area (Å²) in [5.74, 6) is 0. The van der Waals surface area contributed by atoms with Gasteiger partial charge in [-0.05, 0) is 42.2 Å². The molecule has 0 saturated heterocycles. The fourth-order valence-electron chi connectivity index (χ4n) is 1.91. The van der Waals surface area contributed by atoms with Crippen LogP contribution in [0.25, 0.3) is 0 Å². The van der Waals surface area contributed by atoms with Gasteiger partial charge >= 0.3 is 0 Å². The molecule has 0 saturated carbocycles. The highest BCUT2D eigenvalue weighted by Crippen LogP contribution is 2.27. The molecule has 88 valence electrons. The molecule has 0 aliphatic carbocycles. The third-order valence-electron chi connectivity index (χ3n) is 2.86. The molecule has 0 aliphatic rings. The number of hydrogen-bond acceptors (Lipinski definition) is 2. The number of pyridine rings is 1. The van der Waals surface area contributed by atoms with Crippen LogP contribution >= 0.6 is 15.9 Å². The van der Waals surface area contributed by atoms with Crippen molar-refractivity contribution in [1.29, 1.82) is 0 Å². The van der Waals surface area contributed by atoms with Gasteiger partial charge in [-0.2, -0.15) is 0 Å². The van der Waals surface area contributed by atoms with E-state index >= 15 is 0 Å². The largest absolute Gasteiger partial charge is 0.320 e. The van der Waals surface area contributed by atoms with E-state index in [0.717, 1.165) is 15.6 Å². The summed E-state index contributed by atoms with van der Waals surface area (Å²) in [6, 6.07) is 8.04. The van der Waals surface area contributed by atoms with E-state index in [2.05, 4.69) is 46.9 Å². The average molecular weight is 291 g/mol. The Morgan fingerprint density at radius 1 is 1.18 bits per heavy atom. The maximum Gasteiger partial charge on any atom is 0.0567 e. The van der Waals surface area contributed by atoms with Crippen molar-refractivity contribution in [3.63, 3.8) is 0 Å². The molecule has 1 heterocycles. The van der Waals surface area contributed by atoms with E-state index in [9.17, 15) is 0 Å². The second-order valence-corrected chi connectivity index (χ2v) is 5.03. The van der Waals surface area contributed by atoms with E-state index in [1.165, 1.54) is 11.1 Å². The van der Waals surface area contributed by atoms with E-state index in [4.69, 9.17) is 5.73 Å². The highest BCUT2D eigenvalue weighted by Gasteiger charge is 2.11. The van der Waals surface area contributed by atoms with Crippen molar-refractivity contribution >= 4 is 15.9 Å². The van der Waals surface area contributed by atoms with Crippen molar-refractivity contribution < 1.29 is 0 Å². The van der Waals surface area contributed by atoms with Crippen LogP contribution in [0.4, 0.5) is 0 Å². The van der Waals surface area contributed by atoms with Crippen LogP contribution in [0, 0.1) is 13.8 Å². The standard InChI is InChI=1S/C14H15BrN2/c1-9-6-12(7-10(2)13(9)15)14(16)11-4-3-5-17-8-11/h3-8,14H,16H2,1-2H3. The van der Waals surface area contributed by atoms with Crippen molar-refractivity contribution in [2.75, 3.05) is 0 Å². The monoisotopic (exact) mass is 290 g/mol. The zero-order valence-corrected chi connectivity index (χ0v) is 11.5. The maximum atomic E-state index is 6.25. The molecule has 2 rings (SSSR count). The summed E-state index contributed by atoms with van der Waals surface area (Å²) < 4.78 is 1.15. The number of benzene rings is 1. The smallest absolute Gasteiger partial charge is 0.0567 e. The van der Waals surface area contributed by atoms with Crippen LogP contribution in [0.15, 0.2) is 41.1 Å². The van der Waals surface area contributed by atoms with E-state index in [1.54, 1.807) is 6.20 Å². The molecule has 1 unspecified atom stereocenters. The summed E-state index contributed by atoms with van der Waals surface area (Å²) >= 11 is 3.57. The molecule has 2 aromatic rings. The van der Waals surface area contributed by atoms with Crippen LogP contribution < -0.4 is 5.73 Å². The van der Waals surface area contributed by atoms with E-state index in [-0.39, 0.29) is 6.04 Å². The average Bonchev–Trinajstić information content (AvgIpc) is 2.35. The number of halogens is 1. The van der Waals surface area contributed by atoms with Gasteiger partial charge in [0.1, 0.15) is 0 Å². The molecule has 0 aliphatic heterocycles. The summed E-state index contributed by atoms with van der Waals surface area (Å²) in [6.45, 7) is 4.16. The SMILES string of the molecule is Cc1cc(C(N)c2cccnc2)cc(C)c1Br. The van der Waals surface area contributed by atoms with Crippen molar-refractivity contribution in [2.45, 2.75) is 19.9 Å². The molecule has 0 fully saturated rings. The third kappa shape index (κ3) is 2.56. The Morgan fingerprint density at radius 3 is 2.35 bits per heavy atom. The minimum Gasteiger partial charge on any atom is -0.320 e. The first kappa shape index (κ1) is 12.3. The zero-order valence-electron chi connectivity index (χ0n) is 9.94.